The molecule has 0 atom stereocenters. The zero-order chi connectivity index (χ0) is 17.9. The molecule has 1 fully saturated rings. The van der Waals surface area contributed by atoms with Crippen LogP contribution < -0.4 is 0 Å². The number of carbonyl (C=O) groups excluding carboxylic acids is 1. The molecule has 4 heterocycles. The first kappa shape index (κ1) is 17.1. The number of piperidine rings is 1. The summed E-state index contributed by atoms with van der Waals surface area (Å²) < 4.78 is 5.87. The average molecular weight is 369 g/mol. The molecule has 1 amide bonds. The lowest BCUT2D eigenvalue weighted by Gasteiger charge is -2.31. The molecule has 0 bridgehead atoms. The summed E-state index contributed by atoms with van der Waals surface area (Å²) in [6.45, 7) is 3.73. The number of carbonyl (C=O) groups is 1. The predicted molar refractivity (Wildman–Crippen MR) is 102 cm³/mol. The SMILES string of the molecule is Cc1cn[nH]c1C1CCN(C(=O)CCc2ccc(-c3cccs3)o2)CC1. The van der Waals surface area contributed by atoms with Crippen LogP contribution in [0.15, 0.2) is 40.3 Å². The van der Waals surface area contributed by atoms with Crippen molar-refractivity contribution >= 4 is 17.2 Å². The topological polar surface area (TPSA) is 62.1 Å². The van der Waals surface area contributed by atoms with E-state index in [1.807, 2.05) is 40.7 Å². The number of H-pyrrole nitrogens is 1. The van der Waals surface area contributed by atoms with Crippen molar-refractivity contribution in [1.29, 1.82) is 0 Å². The van der Waals surface area contributed by atoms with Crippen LogP contribution in [0.25, 0.3) is 10.6 Å². The van der Waals surface area contributed by atoms with Crippen LogP contribution in [0.1, 0.15) is 42.2 Å². The standard InChI is InChI=1S/C20H23N3O2S/c1-14-13-21-22-20(14)15-8-10-23(11-9-15)19(24)7-5-16-4-6-17(25-16)18-3-2-12-26-18/h2-4,6,12-13,15H,5,7-11H2,1H3,(H,21,22). The summed E-state index contributed by atoms with van der Waals surface area (Å²) in [4.78, 5) is 15.6. The molecule has 3 aromatic heterocycles. The number of nitrogens with one attached hydrogen (secondary N) is 1. The van der Waals surface area contributed by atoms with E-state index in [9.17, 15) is 4.79 Å². The molecule has 1 N–H and O–H groups in total. The van der Waals surface area contributed by atoms with Gasteiger partial charge in [-0.2, -0.15) is 5.10 Å². The van der Waals surface area contributed by atoms with Crippen molar-refractivity contribution in [2.24, 2.45) is 0 Å². The molecule has 26 heavy (non-hydrogen) atoms. The van der Waals surface area contributed by atoms with Gasteiger partial charge < -0.3 is 9.32 Å². The number of amides is 1. The molecule has 0 radical (unpaired) electrons. The fourth-order valence-corrected chi connectivity index (χ4v) is 4.33. The number of aromatic amines is 1. The Morgan fingerprint density at radius 3 is 2.88 bits per heavy atom. The van der Waals surface area contributed by atoms with Gasteiger partial charge in [-0.05, 0) is 48.9 Å². The highest BCUT2D eigenvalue weighted by atomic mass is 32.1. The van der Waals surface area contributed by atoms with Gasteiger partial charge >= 0.3 is 0 Å². The van der Waals surface area contributed by atoms with E-state index in [0.717, 1.165) is 42.3 Å². The normalized spacial score (nSPS) is 15.5. The minimum Gasteiger partial charge on any atom is -0.460 e. The summed E-state index contributed by atoms with van der Waals surface area (Å²) >= 11 is 1.66. The molecule has 136 valence electrons. The smallest absolute Gasteiger partial charge is 0.223 e. The Kier molecular flexibility index (Phi) is 4.93. The van der Waals surface area contributed by atoms with Crippen LogP contribution in [0.5, 0.6) is 0 Å². The van der Waals surface area contributed by atoms with E-state index in [1.165, 1.54) is 11.3 Å². The first-order chi connectivity index (χ1) is 12.7. The fourth-order valence-electron chi connectivity index (χ4n) is 3.64. The zero-order valence-electron chi connectivity index (χ0n) is 14.9. The Morgan fingerprint density at radius 1 is 1.35 bits per heavy atom. The molecule has 0 aromatic carbocycles. The number of aromatic nitrogens is 2. The summed E-state index contributed by atoms with van der Waals surface area (Å²) in [5.74, 6) is 2.47. The van der Waals surface area contributed by atoms with Crippen molar-refractivity contribution in [3.8, 4) is 10.6 Å². The average Bonchev–Trinajstić information content (AvgIpc) is 3.41. The van der Waals surface area contributed by atoms with Crippen molar-refractivity contribution < 1.29 is 9.21 Å². The summed E-state index contributed by atoms with van der Waals surface area (Å²) in [7, 11) is 0. The number of likely N-dealkylation sites (tertiary alicyclic amines) is 1. The number of hydrogen-bond donors (Lipinski definition) is 1. The molecule has 1 saturated heterocycles. The molecule has 4 rings (SSSR count). The Balaban J connectivity index is 1.27. The Labute approximate surface area is 157 Å². The van der Waals surface area contributed by atoms with Crippen LogP contribution in [-0.2, 0) is 11.2 Å². The number of furan rings is 1. The van der Waals surface area contributed by atoms with Crippen molar-refractivity contribution in [1.82, 2.24) is 15.1 Å². The molecular weight excluding hydrogens is 346 g/mol. The van der Waals surface area contributed by atoms with Crippen LogP contribution in [0, 0.1) is 6.92 Å². The lowest BCUT2D eigenvalue weighted by atomic mass is 9.91. The van der Waals surface area contributed by atoms with Gasteiger partial charge in [0.1, 0.15) is 11.5 Å². The lowest BCUT2D eigenvalue weighted by molar-refractivity contribution is -0.132. The number of aryl methyl sites for hydroxylation is 2. The molecule has 0 spiro atoms. The molecule has 6 heteroatoms. The molecule has 1 aliphatic heterocycles. The minimum atomic E-state index is 0.221. The van der Waals surface area contributed by atoms with Crippen LogP contribution in [0.4, 0.5) is 0 Å². The van der Waals surface area contributed by atoms with E-state index in [2.05, 4.69) is 17.1 Å². The molecular formula is C20H23N3O2S. The second-order valence-electron chi connectivity index (χ2n) is 6.87. The highest BCUT2D eigenvalue weighted by Gasteiger charge is 2.25. The number of hydrogen-bond acceptors (Lipinski definition) is 4. The maximum Gasteiger partial charge on any atom is 0.223 e. The van der Waals surface area contributed by atoms with Gasteiger partial charge in [-0.1, -0.05) is 6.07 Å². The van der Waals surface area contributed by atoms with E-state index >= 15 is 0 Å². The maximum absolute atomic E-state index is 12.5. The minimum absolute atomic E-state index is 0.221. The third kappa shape index (κ3) is 3.60. The highest BCUT2D eigenvalue weighted by Crippen LogP contribution is 2.29. The van der Waals surface area contributed by atoms with Crippen LogP contribution in [0.2, 0.25) is 0 Å². The Bertz CT molecular complexity index is 857. The van der Waals surface area contributed by atoms with Crippen molar-refractivity contribution in [3.63, 3.8) is 0 Å². The van der Waals surface area contributed by atoms with E-state index in [4.69, 9.17) is 4.42 Å². The first-order valence-electron chi connectivity index (χ1n) is 9.11. The van der Waals surface area contributed by atoms with E-state index < -0.39 is 0 Å². The van der Waals surface area contributed by atoms with Crippen molar-refractivity contribution in [2.45, 2.75) is 38.5 Å². The molecule has 0 saturated carbocycles. The number of nitrogens with zero attached hydrogens (tertiary/aromatic N) is 2. The van der Waals surface area contributed by atoms with Gasteiger partial charge in [0, 0.05) is 37.5 Å². The number of rotatable bonds is 5. The molecule has 0 unspecified atom stereocenters. The summed E-state index contributed by atoms with van der Waals surface area (Å²) in [6.07, 6.45) is 5.03. The Morgan fingerprint density at radius 2 is 2.19 bits per heavy atom. The van der Waals surface area contributed by atoms with E-state index in [0.29, 0.717) is 18.8 Å². The third-order valence-electron chi connectivity index (χ3n) is 5.13. The summed E-state index contributed by atoms with van der Waals surface area (Å²) in [5, 5.41) is 9.27. The zero-order valence-corrected chi connectivity index (χ0v) is 15.7. The first-order valence-corrected chi connectivity index (χ1v) is 9.99. The van der Waals surface area contributed by atoms with Gasteiger partial charge in [0.2, 0.25) is 5.91 Å². The predicted octanol–water partition coefficient (Wildman–Crippen LogP) is 4.38. The van der Waals surface area contributed by atoms with Gasteiger partial charge in [0.05, 0.1) is 11.1 Å². The maximum atomic E-state index is 12.5. The van der Waals surface area contributed by atoms with Gasteiger partial charge in [-0.25, -0.2) is 0 Å². The van der Waals surface area contributed by atoms with Gasteiger partial charge in [-0.15, -0.1) is 11.3 Å². The third-order valence-corrected chi connectivity index (χ3v) is 6.02. The molecule has 1 aliphatic rings. The fraction of sp³-hybridized carbons (Fsp3) is 0.400. The van der Waals surface area contributed by atoms with E-state index in [-0.39, 0.29) is 5.91 Å². The van der Waals surface area contributed by atoms with Crippen molar-refractivity contribution in [3.05, 3.63) is 52.9 Å². The summed E-state index contributed by atoms with van der Waals surface area (Å²) in [5.41, 5.74) is 2.45. The van der Waals surface area contributed by atoms with Crippen LogP contribution in [0.3, 0.4) is 0 Å². The molecule has 0 aliphatic carbocycles. The number of thiophene rings is 1. The molecule has 3 aromatic rings. The monoisotopic (exact) mass is 369 g/mol. The quantitative estimate of drug-likeness (QED) is 0.726. The van der Waals surface area contributed by atoms with Crippen molar-refractivity contribution in [2.75, 3.05) is 13.1 Å². The van der Waals surface area contributed by atoms with Gasteiger partial charge in [-0.3, -0.25) is 9.89 Å². The lowest BCUT2D eigenvalue weighted by Crippen LogP contribution is -2.38. The van der Waals surface area contributed by atoms with Crippen LogP contribution in [-0.4, -0.2) is 34.1 Å². The van der Waals surface area contributed by atoms with Gasteiger partial charge in [0.15, 0.2) is 0 Å². The second-order valence-corrected chi connectivity index (χ2v) is 7.81. The largest absolute Gasteiger partial charge is 0.460 e. The summed E-state index contributed by atoms with van der Waals surface area (Å²) in [6, 6.07) is 8.03. The van der Waals surface area contributed by atoms with E-state index in [1.54, 1.807) is 11.3 Å². The Hall–Kier alpha value is -2.34. The van der Waals surface area contributed by atoms with Crippen LogP contribution >= 0.6 is 11.3 Å². The van der Waals surface area contributed by atoms with Gasteiger partial charge in [0.25, 0.3) is 0 Å². The molecule has 5 nitrogen and oxygen atoms in total. The second kappa shape index (κ2) is 7.50. The highest BCUT2D eigenvalue weighted by molar-refractivity contribution is 7.13.